The van der Waals surface area contributed by atoms with E-state index < -0.39 is 5.60 Å². The number of rotatable bonds is 4. The number of methoxy groups -OCH3 is 1. The van der Waals surface area contributed by atoms with E-state index in [4.69, 9.17) is 9.47 Å². The maximum absolute atomic E-state index is 12.6. The summed E-state index contributed by atoms with van der Waals surface area (Å²) in [5.41, 5.74) is 0.506. The van der Waals surface area contributed by atoms with Crippen molar-refractivity contribution in [2.75, 3.05) is 13.7 Å². The zero-order valence-corrected chi connectivity index (χ0v) is 15.7. The standard InChI is InChI=1S/C20H29NO4/c1-20(2,3)25-19(23)21-13-9-8-12-17(21)16(18(22)24-4)14-15-10-6-5-7-11-15/h5-7,10-11,16-17H,8-9,12-14H2,1-4H3. The van der Waals surface area contributed by atoms with Crippen LogP contribution in [0.4, 0.5) is 4.79 Å². The highest BCUT2D eigenvalue weighted by atomic mass is 16.6. The number of hydrogen-bond acceptors (Lipinski definition) is 4. The van der Waals surface area contributed by atoms with Crippen molar-refractivity contribution in [1.29, 1.82) is 0 Å². The molecule has 1 heterocycles. The number of piperidine rings is 1. The fourth-order valence-corrected chi connectivity index (χ4v) is 3.32. The van der Waals surface area contributed by atoms with Gasteiger partial charge in [0.1, 0.15) is 5.60 Å². The lowest BCUT2D eigenvalue weighted by molar-refractivity contribution is -0.148. The molecule has 5 heteroatoms. The first-order chi connectivity index (χ1) is 11.8. The number of carbonyl (C=O) groups is 2. The normalized spacial score (nSPS) is 19.2. The van der Waals surface area contributed by atoms with Crippen molar-refractivity contribution in [2.45, 2.75) is 58.1 Å². The first kappa shape index (κ1) is 19.3. The molecule has 0 aliphatic carbocycles. The lowest BCUT2D eigenvalue weighted by Gasteiger charge is -2.39. The van der Waals surface area contributed by atoms with Crippen LogP contribution in [0.1, 0.15) is 45.6 Å². The van der Waals surface area contributed by atoms with Crippen LogP contribution in [0.5, 0.6) is 0 Å². The molecule has 138 valence electrons. The Morgan fingerprint density at radius 1 is 1.20 bits per heavy atom. The van der Waals surface area contributed by atoms with Gasteiger partial charge in [0.05, 0.1) is 13.0 Å². The fourth-order valence-electron chi connectivity index (χ4n) is 3.32. The van der Waals surface area contributed by atoms with E-state index in [-0.39, 0.29) is 24.0 Å². The summed E-state index contributed by atoms with van der Waals surface area (Å²) in [6.45, 7) is 6.17. The second kappa shape index (κ2) is 8.37. The van der Waals surface area contributed by atoms with Gasteiger partial charge in [-0.3, -0.25) is 4.79 Å². The van der Waals surface area contributed by atoms with Crippen LogP contribution in [0.2, 0.25) is 0 Å². The van der Waals surface area contributed by atoms with Gasteiger partial charge in [-0.15, -0.1) is 0 Å². The number of amides is 1. The quantitative estimate of drug-likeness (QED) is 0.777. The van der Waals surface area contributed by atoms with Crippen molar-refractivity contribution < 1.29 is 19.1 Å². The SMILES string of the molecule is COC(=O)C(Cc1ccccc1)C1CCCCN1C(=O)OC(C)(C)C. The third kappa shape index (κ3) is 5.48. The van der Waals surface area contributed by atoms with Gasteiger partial charge in [0, 0.05) is 12.6 Å². The third-order valence-electron chi connectivity index (χ3n) is 4.44. The predicted molar refractivity (Wildman–Crippen MR) is 96.2 cm³/mol. The lowest BCUT2D eigenvalue weighted by Crippen LogP contribution is -2.51. The van der Waals surface area contributed by atoms with Gasteiger partial charge >= 0.3 is 12.1 Å². The Bertz CT molecular complexity index is 579. The van der Waals surface area contributed by atoms with Gasteiger partial charge in [-0.2, -0.15) is 0 Å². The minimum Gasteiger partial charge on any atom is -0.469 e. The summed E-state index contributed by atoms with van der Waals surface area (Å²) < 4.78 is 10.6. The van der Waals surface area contributed by atoms with Crippen LogP contribution >= 0.6 is 0 Å². The largest absolute Gasteiger partial charge is 0.469 e. The van der Waals surface area contributed by atoms with Crippen LogP contribution in [0.15, 0.2) is 30.3 Å². The molecule has 1 aromatic carbocycles. The molecule has 0 spiro atoms. The molecule has 25 heavy (non-hydrogen) atoms. The molecule has 2 unspecified atom stereocenters. The zero-order valence-electron chi connectivity index (χ0n) is 15.7. The van der Waals surface area contributed by atoms with E-state index in [1.165, 1.54) is 7.11 Å². The highest BCUT2D eigenvalue weighted by Crippen LogP contribution is 2.28. The number of carbonyl (C=O) groups excluding carboxylic acids is 2. The average molecular weight is 347 g/mol. The van der Waals surface area contributed by atoms with Gasteiger partial charge < -0.3 is 14.4 Å². The van der Waals surface area contributed by atoms with Crippen LogP contribution in [0.3, 0.4) is 0 Å². The van der Waals surface area contributed by atoms with Gasteiger partial charge in [0.25, 0.3) is 0 Å². The first-order valence-corrected chi connectivity index (χ1v) is 8.93. The molecule has 1 aliphatic rings. The number of benzene rings is 1. The molecule has 0 N–H and O–H groups in total. The summed E-state index contributed by atoms with van der Waals surface area (Å²) in [5, 5.41) is 0. The lowest BCUT2D eigenvalue weighted by atomic mass is 9.86. The molecule has 0 radical (unpaired) electrons. The molecule has 2 rings (SSSR count). The molecule has 1 aliphatic heterocycles. The maximum atomic E-state index is 12.6. The number of esters is 1. The van der Waals surface area contributed by atoms with Crippen LogP contribution in [-0.2, 0) is 20.7 Å². The molecule has 1 saturated heterocycles. The van der Waals surface area contributed by atoms with Gasteiger partial charge in [-0.1, -0.05) is 30.3 Å². The monoisotopic (exact) mass is 347 g/mol. The van der Waals surface area contributed by atoms with Crippen LogP contribution in [0, 0.1) is 5.92 Å². The Labute approximate surface area is 150 Å². The Morgan fingerprint density at radius 2 is 1.88 bits per heavy atom. The molecule has 0 saturated carbocycles. The Kier molecular flexibility index (Phi) is 6.45. The van der Waals surface area contributed by atoms with E-state index in [9.17, 15) is 9.59 Å². The number of likely N-dealkylation sites (tertiary alicyclic amines) is 1. The zero-order chi connectivity index (χ0) is 18.4. The van der Waals surface area contributed by atoms with Crippen molar-refractivity contribution in [2.24, 2.45) is 5.92 Å². The summed E-state index contributed by atoms with van der Waals surface area (Å²) in [6, 6.07) is 9.65. The molecule has 2 atom stereocenters. The van der Waals surface area contributed by atoms with Gasteiger partial charge in [0.15, 0.2) is 0 Å². The van der Waals surface area contributed by atoms with E-state index in [2.05, 4.69) is 0 Å². The summed E-state index contributed by atoms with van der Waals surface area (Å²) in [4.78, 5) is 26.8. The van der Waals surface area contributed by atoms with E-state index >= 15 is 0 Å². The molecule has 1 amide bonds. The number of nitrogens with zero attached hydrogens (tertiary/aromatic N) is 1. The Balaban J connectivity index is 2.22. The minimum absolute atomic E-state index is 0.198. The molecule has 1 fully saturated rings. The first-order valence-electron chi connectivity index (χ1n) is 8.93. The molecule has 1 aromatic rings. The van der Waals surface area contributed by atoms with Gasteiger partial charge in [-0.05, 0) is 52.0 Å². The van der Waals surface area contributed by atoms with Crippen LogP contribution < -0.4 is 0 Å². The molecular weight excluding hydrogens is 318 g/mol. The molecule has 0 aromatic heterocycles. The molecule has 0 bridgehead atoms. The highest BCUT2D eigenvalue weighted by molar-refractivity contribution is 5.75. The predicted octanol–water partition coefficient (Wildman–Crippen LogP) is 3.81. The third-order valence-corrected chi connectivity index (χ3v) is 4.44. The molecular formula is C20H29NO4. The smallest absolute Gasteiger partial charge is 0.410 e. The van der Waals surface area contributed by atoms with E-state index in [1.807, 2.05) is 51.1 Å². The summed E-state index contributed by atoms with van der Waals surface area (Å²) in [6.07, 6.45) is 2.91. The topological polar surface area (TPSA) is 55.8 Å². The van der Waals surface area contributed by atoms with Crippen molar-refractivity contribution in [3.05, 3.63) is 35.9 Å². The Hall–Kier alpha value is -2.04. The average Bonchev–Trinajstić information content (AvgIpc) is 2.58. The summed E-state index contributed by atoms with van der Waals surface area (Å²) in [7, 11) is 1.40. The van der Waals surface area contributed by atoms with E-state index in [0.717, 1.165) is 24.8 Å². The maximum Gasteiger partial charge on any atom is 0.410 e. The van der Waals surface area contributed by atoms with Crippen molar-refractivity contribution in [1.82, 2.24) is 4.90 Å². The fraction of sp³-hybridized carbons (Fsp3) is 0.600. The van der Waals surface area contributed by atoms with Crippen LogP contribution in [0.25, 0.3) is 0 Å². The summed E-state index contributed by atoms with van der Waals surface area (Å²) >= 11 is 0. The van der Waals surface area contributed by atoms with Crippen molar-refractivity contribution in [3.63, 3.8) is 0 Å². The van der Waals surface area contributed by atoms with Gasteiger partial charge in [-0.25, -0.2) is 4.79 Å². The van der Waals surface area contributed by atoms with Crippen molar-refractivity contribution >= 4 is 12.1 Å². The Morgan fingerprint density at radius 3 is 2.48 bits per heavy atom. The van der Waals surface area contributed by atoms with E-state index in [0.29, 0.717) is 13.0 Å². The number of ether oxygens (including phenoxy) is 2. The van der Waals surface area contributed by atoms with E-state index in [1.54, 1.807) is 4.90 Å². The van der Waals surface area contributed by atoms with Crippen molar-refractivity contribution in [3.8, 4) is 0 Å². The second-order valence-corrected chi connectivity index (χ2v) is 7.56. The molecule has 5 nitrogen and oxygen atoms in total. The van der Waals surface area contributed by atoms with Gasteiger partial charge in [0.2, 0.25) is 0 Å². The minimum atomic E-state index is -0.556. The highest BCUT2D eigenvalue weighted by Gasteiger charge is 2.39. The second-order valence-electron chi connectivity index (χ2n) is 7.56. The summed E-state index contributed by atoms with van der Waals surface area (Å²) in [5.74, 6) is -0.662. The van der Waals surface area contributed by atoms with Crippen LogP contribution in [-0.4, -0.2) is 42.3 Å². The number of hydrogen-bond donors (Lipinski definition) is 0.